The molecule has 0 bridgehead atoms. The highest BCUT2D eigenvalue weighted by atomic mass is 35.5. The Morgan fingerprint density at radius 2 is 1.85 bits per heavy atom. The van der Waals surface area contributed by atoms with Gasteiger partial charge < -0.3 is 10.1 Å². The maximum Gasteiger partial charge on any atom is 0.331 e. The minimum absolute atomic E-state index is 0.163. The Balaban J connectivity index is 1.58. The molecule has 0 saturated carbocycles. The van der Waals surface area contributed by atoms with E-state index < -0.39 is 18.5 Å². The monoisotopic (exact) mass is 367 g/mol. The molecule has 130 valence electrons. The van der Waals surface area contributed by atoms with Gasteiger partial charge in [0.1, 0.15) is 0 Å². The fourth-order valence-electron chi connectivity index (χ4n) is 2.27. The van der Waals surface area contributed by atoms with E-state index >= 15 is 0 Å². The average molecular weight is 368 g/mol. The molecular formula is C19H14ClN3O3. The second kappa shape index (κ2) is 8.22. The largest absolute Gasteiger partial charge is 0.452 e. The highest BCUT2D eigenvalue weighted by Gasteiger charge is 2.08. The number of benzene rings is 1. The van der Waals surface area contributed by atoms with Gasteiger partial charge in [0, 0.05) is 29.4 Å². The van der Waals surface area contributed by atoms with Crippen molar-refractivity contribution in [2.45, 2.75) is 0 Å². The molecule has 0 radical (unpaired) electrons. The number of fused-ring (bicyclic) bond motifs is 1. The second-order valence-corrected chi connectivity index (χ2v) is 5.61. The molecule has 0 fully saturated rings. The van der Waals surface area contributed by atoms with E-state index in [2.05, 4.69) is 15.3 Å². The number of esters is 1. The first kappa shape index (κ1) is 17.6. The molecule has 0 aliphatic heterocycles. The highest BCUT2D eigenvalue weighted by Crippen LogP contribution is 2.18. The number of ether oxygens (including phenoxy) is 1. The van der Waals surface area contributed by atoms with Gasteiger partial charge in [-0.2, -0.15) is 0 Å². The molecule has 0 aliphatic carbocycles. The second-order valence-electron chi connectivity index (χ2n) is 5.25. The summed E-state index contributed by atoms with van der Waals surface area (Å²) in [7, 11) is 0. The van der Waals surface area contributed by atoms with E-state index in [9.17, 15) is 9.59 Å². The number of aromatic nitrogens is 2. The molecule has 3 aromatic rings. The van der Waals surface area contributed by atoms with Gasteiger partial charge in [-0.1, -0.05) is 35.9 Å². The van der Waals surface area contributed by atoms with Crippen molar-refractivity contribution in [1.82, 2.24) is 9.97 Å². The van der Waals surface area contributed by atoms with Crippen molar-refractivity contribution >= 4 is 46.1 Å². The van der Waals surface area contributed by atoms with E-state index in [0.29, 0.717) is 5.69 Å². The fraction of sp³-hybridized carbons (Fsp3) is 0.0526. The number of anilines is 1. The van der Waals surface area contributed by atoms with Crippen molar-refractivity contribution < 1.29 is 14.3 Å². The zero-order valence-corrected chi connectivity index (χ0v) is 14.3. The highest BCUT2D eigenvalue weighted by molar-refractivity contribution is 6.32. The molecular weight excluding hydrogens is 354 g/mol. The number of nitrogens with one attached hydrogen (secondary N) is 1. The van der Waals surface area contributed by atoms with Crippen LogP contribution in [0.2, 0.25) is 5.15 Å². The van der Waals surface area contributed by atoms with Crippen LogP contribution in [-0.4, -0.2) is 28.5 Å². The number of nitrogens with zero attached hydrogens (tertiary/aromatic N) is 2. The van der Waals surface area contributed by atoms with Crippen LogP contribution >= 0.6 is 11.6 Å². The molecule has 0 atom stereocenters. The molecule has 0 saturated heterocycles. The normalized spacial score (nSPS) is 10.8. The number of carbonyl (C=O) groups excluding carboxylic acids is 2. The maximum atomic E-state index is 11.8. The topological polar surface area (TPSA) is 81.2 Å². The molecule has 0 unspecified atom stereocenters. The maximum absolute atomic E-state index is 11.8. The predicted octanol–water partition coefficient (Wildman–Crippen LogP) is 3.48. The summed E-state index contributed by atoms with van der Waals surface area (Å²) < 4.78 is 4.93. The van der Waals surface area contributed by atoms with Gasteiger partial charge in [0.25, 0.3) is 5.91 Å². The number of pyridine rings is 2. The van der Waals surface area contributed by atoms with Gasteiger partial charge in [0.15, 0.2) is 11.8 Å². The van der Waals surface area contributed by atoms with Crippen LogP contribution in [-0.2, 0) is 14.3 Å². The van der Waals surface area contributed by atoms with Crippen LogP contribution in [0.4, 0.5) is 5.69 Å². The molecule has 6 nitrogen and oxygen atoms in total. The molecule has 1 aromatic carbocycles. The molecule has 2 heterocycles. The molecule has 0 aliphatic rings. The van der Waals surface area contributed by atoms with E-state index in [-0.39, 0.29) is 5.15 Å². The Kier molecular flexibility index (Phi) is 5.56. The summed E-state index contributed by atoms with van der Waals surface area (Å²) in [6, 6.07) is 12.7. The van der Waals surface area contributed by atoms with Crippen molar-refractivity contribution in [1.29, 1.82) is 0 Å². The zero-order valence-electron chi connectivity index (χ0n) is 13.6. The molecule has 7 heteroatoms. The van der Waals surface area contributed by atoms with Gasteiger partial charge in [-0.25, -0.2) is 9.78 Å². The first-order valence-corrected chi connectivity index (χ1v) is 8.10. The van der Waals surface area contributed by atoms with Gasteiger partial charge >= 0.3 is 5.97 Å². The third kappa shape index (κ3) is 4.43. The number of carbonyl (C=O) groups is 2. The lowest BCUT2D eigenvalue weighted by Gasteiger charge is -2.06. The molecule has 0 spiro atoms. The molecule has 1 amide bonds. The van der Waals surface area contributed by atoms with Crippen molar-refractivity contribution in [2.24, 2.45) is 0 Å². The fourth-order valence-corrected chi connectivity index (χ4v) is 2.44. The zero-order chi connectivity index (χ0) is 18.4. The summed E-state index contributed by atoms with van der Waals surface area (Å²) >= 11 is 5.85. The van der Waals surface area contributed by atoms with Crippen molar-refractivity contribution in [2.75, 3.05) is 11.9 Å². The van der Waals surface area contributed by atoms with E-state index in [0.717, 1.165) is 16.5 Å². The van der Waals surface area contributed by atoms with E-state index in [1.54, 1.807) is 24.4 Å². The third-order valence-corrected chi connectivity index (χ3v) is 3.74. The van der Waals surface area contributed by atoms with E-state index in [1.165, 1.54) is 12.3 Å². The smallest absolute Gasteiger partial charge is 0.331 e. The SMILES string of the molecule is O=C(COC(=O)C=Cc1cccc2cccnc12)Nc1cccnc1Cl. The van der Waals surface area contributed by atoms with Crippen LogP contribution in [0, 0.1) is 0 Å². The first-order valence-electron chi connectivity index (χ1n) is 7.72. The summed E-state index contributed by atoms with van der Waals surface area (Å²) in [5, 5.41) is 3.65. The van der Waals surface area contributed by atoms with Crippen molar-refractivity contribution in [3.8, 4) is 0 Å². The Morgan fingerprint density at radius 1 is 1.08 bits per heavy atom. The molecule has 3 rings (SSSR count). The first-order chi connectivity index (χ1) is 12.6. The Bertz CT molecular complexity index is 983. The predicted molar refractivity (Wildman–Crippen MR) is 99.6 cm³/mol. The van der Waals surface area contributed by atoms with Crippen LogP contribution < -0.4 is 5.32 Å². The number of para-hydroxylation sites is 1. The van der Waals surface area contributed by atoms with Crippen LogP contribution in [0.15, 0.2) is 60.9 Å². The van der Waals surface area contributed by atoms with Crippen molar-refractivity contribution in [3.63, 3.8) is 0 Å². The lowest BCUT2D eigenvalue weighted by atomic mass is 10.1. The molecule has 2 aromatic heterocycles. The quantitative estimate of drug-likeness (QED) is 0.424. The van der Waals surface area contributed by atoms with E-state index in [4.69, 9.17) is 16.3 Å². The standard InChI is InChI=1S/C19H14ClN3O3/c20-19-15(7-3-11-22-19)23-16(24)12-26-17(25)9-8-14-5-1-4-13-6-2-10-21-18(13)14/h1-11H,12H2,(H,23,24). The average Bonchev–Trinajstić information content (AvgIpc) is 2.66. The summed E-state index contributed by atoms with van der Waals surface area (Å²) in [6.07, 6.45) is 6.05. The summed E-state index contributed by atoms with van der Waals surface area (Å²) in [5.41, 5.74) is 1.92. The lowest BCUT2D eigenvalue weighted by Crippen LogP contribution is -2.20. The summed E-state index contributed by atoms with van der Waals surface area (Å²) in [5.74, 6) is -1.14. The summed E-state index contributed by atoms with van der Waals surface area (Å²) in [6.45, 7) is -0.428. The van der Waals surface area contributed by atoms with Crippen LogP contribution in [0.3, 0.4) is 0 Å². The minimum Gasteiger partial charge on any atom is -0.452 e. The van der Waals surface area contributed by atoms with Crippen molar-refractivity contribution in [3.05, 3.63) is 71.7 Å². The van der Waals surface area contributed by atoms with Crippen LogP contribution in [0.25, 0.3) is 17.0 Å². The third-order valence-electron chi connectivity index (χ3n) is 3.44. The summed E-state index contributed by atoms with van der Waals surface area (Å²) in [4.78, 5) is 31.8. The number of hydrogen-bond acceptors (Lipinski definition) is 5. The molecule has 26 heavy (non-hydrogen) atoms. The lowest BCUT2D eigenvalue weighted by molar-refractivity contribution is -0.142. The number of hydrogen-bond donors (Lipinski definition) is 1. The number of halogens is 1. The van der Waals surface area contributed by atoms with Crippen LogP contribution in [0.5, 0.6) is 0 Å². The Labute approximate surface area is 154 Å². The van der Waals surface area contributed by atoms with Gasteiger partial charge in [-0.05, 0) is 24.3 Å². The number of amides is 1. The van der Waals surface area contributed by atoms with Crippen LogP contribution in [0.1, 0.15) is 5.56 Å². The Morgan fingerprint density at radius 3 is 2.69 bits per heavy atom. The van der Waals surface area contributed by atoms with Gasteiger partial charge in [-0.3, -0.25) is 9.78 Å². The van der Waals surface area contributed by atoms with Gasteiger partial charge in [0.05, 0.1) is 11.2 Å². The van der Waals surface area contributed by atoms with Gasteiger partial charge in [-0.15, -0.1) is 0 Å². The van der Waals surface area contributed by atoms with E-state index in [1.807, 2.05) is 30.3 Å². The molecule has 1 N–H and O–H groups in total. The minimum atomic E-state index is -0.634. The van der Waals surface area contributed by atoms with Gasteiger partial charge in [0.2, 0.25) is 0 Å². The Hall–Kier alpha value is -3.25. The number of rotatable bonds is 5.